The van der Waals surface area contributed by atoms with Gasteiger partial charge in [-0.15, -0.1) is 0 Å². The first-order valence-corrected chi connectivity index (χ1v) is 8.01. The van der Waals surface area contributed by atoms with Crippen molar-refractivity contribution in [2.45, 2.75) is 19.4 Å². The molecule has 3 heterocycles. The lowest BCUT2D eigenvalue weighted by atomic mass is 10.0. The van der Waals surface area contributed by atoms with E-state index in [1.807, 2.05) is 0 Å². The highest BCUT2D eigenvalue weighted by atomic mass is 16.3. The number of carbonyl (C=O) groups is 2. The maximum Gasteiger partial charge on any atom is 0.228 e. The van der Waals surface area contributed by atoms with Gasteiger partial charge in [-0.25, -0.2) is 4.98 Å². The molecule has 2 amide bonds. The Morgan fingerprint density at radius 1 is 1.38 bits per heavy atom. The molecule has 2 aliphatic heterocycles. The van der Waals surface area contributed by atoms with Crippen LogP contribution in [0.3, 0.4) is 0 Å². The van der Waals surface area contributed by atoms with Crippen molar-refractivity contribution in [1.82, 2.24) is 14.9 Å². The highest BCUT2D eigenvalue weighted by molar-refractivity contribution is 6.00. The second-order valence-electron chi connectivity index (χ2n) is 6.26. The first kappa shape index (κ1) is 14.7. The van der Waals surface area contributed by atoms with Crippen LogP contribution in [-0.4, -0.2) is 44.9 Å². The lowest BCUT2D eigenvalue weighted by molar-refractivity contribution is -0.136. The molecular weight excluding hydrogens is 308 g/mol. The number of rotatable bonds is 2. The number of H-pyrrole nitrogens is 1. The molecule has 0 spiro atoms. The van der Waals surface area contributed by atoms with Gasteiger partial charge in [0, 0.05) is 37.7 Å². The quantitative estimate of drug-likeness (QED) is 0.863. The van der Waals surface area contributed by atoms with Crippen LogP contribution in [0.2, 0.25) is 0 Å². The Morgan fingerprint density at radius 3 is 3.08 bits per heavy atom. The molecule has 2 N–H and O–H groups in total. The number of phenolic OH excluding ortho intramolecular Hbond substituents is 1. The van der Waals surface area contributed by atoms with Crippen LogP contribution >= 0.6 is 0 Å². The van der Waals surface area contributed by atoms with Crippen molar-refractivity contribution < 1.29 is 14.7 Å². The lowest BCUT2D eigenvalue weighted by Gasteiger charge is -2.28. The van der Waals surface area contributed by atoms with Gasteiger partial charge in [-0.3, -0.25) is 9.59 Å². The van der Waals surface area contributed by atoms with E-state index >= 15 is 0 Å². The van der Waals surface area contributed by atoms with E-state index in [4.69, 9.17) is 0 Å². The van der Waals surface area contributed by atoms with E-state index in [0.717, 1.165) is 17.8 Å². The van der Waals surface area contributed by atoms with Crippen LogP contribution in [0, 0.1) is 5.92 Å². The van der Waals surface area contributed by atoms with Crippen molar-refractivity contribution in [2.24, 2.45) is 5.92 Å². The van der Waals surface area contributed by atoms with Crippen LogP contribution in [-0.2, 0) is 22.6 Å². The number of hydrogen-bond donors (Lipinski definition) is 2. The van der Waals surface area contributed by atoms with Crippen molar-refractivity contribution >= 4 is 17.5 Å². The predicted molar refractivity (Wildman–Crippen MR) is 86.3 cm³/mol. The van der Waals surface area contributed by atoms with Gasteiger partial charge in [0.15, 0.2) is 0 Å². The highest BCUT2D eigenvalue weighted by Crippen LogP contribution is 2.29. The van der Waals surface area contributed by atoms with Gasteiger partial charge in [-0.2, -0.15) is 0 Å². The molecule has 0 unspecified atom stereocenters. The van der Waals surface area contributed by atoms with Crippen LogP contribution in [0.1, 0.15) is 17.8 Å². The number of phenols is 1. The summed E-state index contributed by atoms with van der Waals surface area (Å²) in [6.45, 7) is 1.51. The number of aromatic hydroxyl groups is 1. The fourth-order valence-corrected chi connectivity index (χ4v) is 3.44. The zero-order chi connectivity index (χ0) is 16.7. The third-order valence-corrected chi connectivity index (χ3v) is 4.70. The molecule has 0 saturated carbocycles. The van der Waals surface area contributed by atoms with Gasteiger partial charge in [0.25, 0.3) is 0 Å². The number of aromatic nitrogens is 2. The molecule has 1 saturated heterocycles. The number of benzene rings is 1. The van der Waals surface area contributed by atoms with Crippen LogP contribution < -0.4 is 4.90 Å². The monoisotopic (exact) mass is 326 g/mol. The zero-order valence-corrected chi connectivity index (χ0v) is 13.1. The normalized spacial score (nSPS) is 20.3. The van der Waals surface area contributed by atoms with E-state index in [-0.39, 0.29) is 29.9 Å². The third kappa shape index (κ3) is 2.51. The maximum atomic E-state index is 12.8. The number of nitrogens with one attached hydrogen (secondary N) is 1. The Kier molecular flexibility index (Phi) is 3.48. The Labute approximate surface area is 138 Å². The van der Waals surface area contributed by atoms with E-state index in [0.29, 0.717) is 25.3 Å². The molecular formula is C17H18N4O3. The first-order valence-electron chi connectivity index (χ1n) is 8.01. The van der Waals surface area contributed by atoms with Crippen LogP contribution in [0.15, 0.2) is 30.6 Å². The molecule has 1 aromatic heterocycles. The summed E-state index contributed by atoms with van der Waals surface area (Å²) in [5, 5.41) is 9.59. The van der Waals surface area contributed by atoms with Crippen molar-refractivity contribution in [2.75, 3.05) is 18.0 Å². The summed E-state index contributed by atoms with van der Waals surface area (Å²) in [6.07, 6.45) is 2.60. The molecule has 24 heavy (non-hydrogen) atoms. The standard InChI is InChI=1S/C17H18N4O3/c22-13-3-1-2-12(7-13)21-8-11(6-16(21)23)17(24)20-5-4-14-15(9-20)19-10-18-14/h1-3,7,10-11,22H,4-6,8-9H2,(H,18,19)/t11-/m0/s1. The minimum Gasteiger partial charge on any atom is -0.508 e. The second-order valence-corrected chi connectivity index (χ2v) is 6.26. The van der Waals surface area contributed by atoms with Crippen molar-refractivity contribution in [3.63, 3.8) is 0 Å². The molecule has 1 atom stereocenters. The number of amides is 2. The number of fused-ring (bicyclic) bond motifs is 1. The number of carbonyl (C=O) groups excluding carboxylic acids is 2. The summed E-state index contributed by atoms with van der Waals surface area (Å²) in [4.78, 5) is 35.8. The maximum absolute atomic E-state index is 12.8. The molecule has 2 aliphatic rings. The van der Waals surface area contributed by atoms with Crippen LogP contribution in [0.25, 0.3) is 0 Å². The van der Waals surface area contributed by atoms with Crippen LogP contribution in [0.5, 0.6) is 5.75 Å². The third-order valence-electron chi connectivity index (χ3n) is 4.70. The zero-order valence-electron chi connectivity index (χ0n) is 13.1. The molecule has 0 aliphatic carbocycles. The average Bonchev–Trinajstić information content (AvgIpc) is 3.19. The molecule has 0 bridgehead atoms. The Hall–Kier alpha value is -2.83. The topological polar surface area (TPSA) is 89.5 Å². The fraction of sp³-hybridized carbons (Fsp3) is 0.353. The molecule has 7 heteroatoms. The molecule has 4 rings (SSSR count). The summed E-state index contributed by atoms with van der Waals surface area (Å²) >= 11 is 0. The first-order chi connectivity index (χ1) is 11.6. The summed E-state index contributed by atoms with van der Waals surface area (Å²) in [6, 6.07) is 6.56. The summed E-state index contributed by atoms with van der Waals surface area (Å²) in [5.74, 6) is -0.313. The Bertz CT molecular complexity index is 801. The molecule has 2 aromatic rings. The number of nitrogens with zero attached hydrogens (tertiary/aromatic N) is 3. The van der Waals surface area contributed by atoms with Gasteiger partial charge in [0.2, 0.25) is 11.8 Å². The predicted octanol–water partition coefficient (Wildman–Crippen LogP) is 1.05. The largest absolute Gasteiger partial charge is 0.508 e. The SMILES string of the molecule is O=C([C@H]1CC(=O)N(c2cccc(O)c2)C1)N1CCc2nc[nH]c2C1. The minimum absolute atomic E-state index is 0.00579. The van der Waals surface area contributed by atoms with E-state index in [2.05, 4.69) is 9.97 Å². The lowest BCUT2D eigenvalue weighted by Crippen LogP contribution is -2.40. The summed E-state index contributed by atoms with van der Waals surface area (Å²) < 4.78 is 0. The van der Waals surface area contributed by atoms with E-state index in [1.165, 1.54) is 0 Å². The number of anilines is 1. The fourth-order valence-electron chi connectivity index (χ4n) is 3.44. The van der Waals surface area contributed by atoms with Gasteiger partial charge in [-0.1, -0.05) is 6.07 Å². The van der Waals surface area contributed by atoms with Crippen LogP contribution in [0.4, 0.5) is 5.69 Å². The van der Waals surface area contributed by atoms with Gasteiger partial charge < -0.3 is 19.9 Å². The molecule has 1 fully saturated rings. The van der Waals surface area contributed by atoms with Gasteiger partial charge in [-0.05, 0) is 12.1 Å². The number of hydrogen-bond acceptors (Lipinski definition) is 4. The van der Waals surface area contributed by atoms with E-state index in [1.54, 1.807) is 40.4 Å². The number of aromatic amines is 1. The average molecular weight is 326 g/mol. The smallest absolute Gasteiger partial charge is 0.228 e. The number of imidazole rings is 1. The van der Waals surface area contributed by atoms with Crippen molar-refractivity contribution in [1.29, 1.82) is 0 Å². The van der Waals surface area contributed by atoms with Gasteiger partial charge >= 0.3 is 0 Å². The minimum atomic E-state index is -0.343. The highest BCUT2D eigenvalue weighted by Gasteiger charge is 2.38. The molecule has 0 radical (unpaired) electrons. The molecule has 7 nitrogen and oxygen atoms in total. The Balaban J connectivity index is 1.48. The van der Waals surface area contributed by atoms with Gasteiger partial charge in [0.05, 0.1) is 30.2 Å². The van der Waals surface area contributed by atoms with Crippen molar-refractivity contribution in [3.8, 4) is 5.75 Å². The van der Waals surface area contributed by atoms with E-state index in [9.17, 15) is 14.7 Å². The molecule has 1 aromatic carbocycles. The molecule has 124 valence electrons. The Morgan fingerprint density at radius 2 is 2.25 bits per heavy atom. The summed E-state index contributed by atoms with van der Waals surface area (Å²) in [7, 11) is 0. The second kappa shape index (κ2) is 5.67. The summed E-state index contributed by atoms with van der Waals surface area (Å²) in [5.41, 5.74) is 2.62. The van der Waals surface area contributed by atoms with E-state index < -0.39 is 0 Å². The van der Waals surface area contributed by atoms with Crippen molar-refractivity contribution in [3.05, 3.63) is 42.0 Å². The van der Waals surface area contributed by atoms with Gasteiger partial charge in [0.1, 0.15) is 5.75 Å².